The molecule has 0 aromatic rings. The lowest BCUT2D eigenvalue weighted by Crippen LogP contribution is -2.50. The Morgan fingerprint density at radius 2 is 1.84 bits per heavy atom. The molecule has 1 aliphatic rings. The maximum atomic E-state index is 11.5. The number of hydrogen-bond donors (Lipinski definition) is 2. The van der Waals surface area contributed by atoms with E-state index in [-0.39, 0.29) is 0 Å². The van der Waals surface area contributed by atoms with Crippen LogP contribution in [0.3, 0.4) is 0 Å². The summed E-state index contributed by atoms with van der Waals surface area (Å²) in [7, 11) is 1.77. The Bertz CT molecular complexity index is 295. The predicted molar refractivity (Wildman–Crippen MR) is 78.3 cm³/mol. The molecule has 0 heterocycles. The van der Waals surface area contributed by atoms with Crippen LogP contribution < -0.4 is 5.32 Å². The zero-order valence-corrected chi connectivity index (χ0v) is 13.1. The third-order valence-corrected chi connectivity index (χ3v) is 4.09. The third kappa shape index (κ3) is 4.18. The highest BCUT2D eigenvalue weighted by Gasteiger charge is 2.45. The summed E-state index contributed by atoms with van der Waals surface area (Å²) in [6.07, 6.45) is 2.43. The number of likely N-dealkylation sites (N-methyl/N-ethyl adjacent to an activating group) is 1. The molecule has 0 aromatic heterocycles. The van der Waals surface area contributed by atoms with Gasteiger partial charge < -0.3 is 10.4 Å². The van der Waals surface area contributed by atoms with Gasteiger partial charge in [0, 0.05) is 19.1 Å². The van der Waals surface area contributed by atoms with Crippen LogP contribution in [0.5, 0.6) is 0 Å². The van der Waals surface area contributed by atoms with E-state index in [2.05, 4.69) is 37.9 Å². The molecule has 0 radical (unpaired) electrons. The van der Waals surface area contributed by atoms with E-state index in [1.54, 1.807) is 7.05 Å². The first-order valence-corrected chi connectivity index (χ1v) is 7.47. The van der Waals surface area contributed by atoms with Gasteiger partial charge in [-0.25, -0.2) is 0 Å². The van der Waals surface area contributed by atoms with Crippen LogP contribution in [0.25, 0.3) is 0 Å². The SMILES string of the molecule is CNC1(C(=O)O)CCC(N(CC(C)C)CC(C)C)C1. The molecule has 0 aliphatic heterocycles. The monoisotopic (exact) mass is 270 g/mol. The third-order valence-electron chi connectivity index (χ3n) is 4.09. The van der Waals surface area contributed by atoms with Crippen molar-refractivity contribution in [1.82, 2.24) is 10.2 Å². The summed E-state index contributed by atoms with van der Waals surface area (Å²) < 4.78 is 0. The number of carboxylic acids is 1. The zero-order valence-electron chi connectivity index (χ0n) is 13.1. The molecule has 1 aliphatic carbocycles. The molecule has 4 heteroatoms. The smallest absolute Gasteiger partial charge is 0.323 e. The molecule has 0 amide bonds. The molecule has 0 bridgehead atoms. The standard InChI is InChI=1S/C15H30N2O2/c1-11(2)9-17(10-12(3)4)13-6-7-15(8-13,16-5)14(18)19/h11-13,16H,6-10H2,1-5H3,(H,18,19). The highest BCUT2D eigenvalue weighted by atomic mass is 16.4. The molecular weight excluding hydrogens is 240 g/mol. The van der Waals surface area contributed by atoms with Crippen molar-refractivity contribution >= 4 is 5.97 Å². The summed E-state index contributed by atoms with van der Waals surface area (Å²) >= 11 is 0. The molecular formula is C15H30N2O2. The van der Waals surface area contributed by atoms with Crippen LogP contribution in [-0.4, -0.2) is 47.7 Å². The van der Waals surface area contributed by atoms with E-state index in [1.807, 2.05) is 0 Å². The minimum Gasteiger partial charge on any atom is -0.480 e. The van der Waals surface area contributed by atoms with Crippen molar-refractivity contribution in [3.8, 4) is 0 Å². The fourth-order valence-corrected chi connectivity index (χ4v) is 3.17. The summed E-state index contributed by atoms with van der Waals surface area (Å²) in [6.45, 7) is 11.0. The van der Waals surface area contributed by atoms with Crippen LogP contribution in [0.4, 0.5) is 0 Å². The first-order chi connectivity index (χ1) is 8.80. The lowest BCUT2D eigenvalue weighted by molar-refractivity contribution is -0.144. The van der Waals surface area contributed by atoms with E-state index in [0.717, 1.165) is 32.4 Å². The van der Waals surface area contributed by atoms with E-state index in [0.29, 0.717) is 17.9 Å². The van der Waals surface area contributed by atoms with Crippen molar-refractivity contribution in [2.45, 2.75) is 58.5 Å². The van der Waals surface area contributed by atoms with Crippen molar-refractivity contribution in [3.05, 3.63) is 0 Å². The van der Waals surface area contributed by atoms with Gasteiger partial charge in [0.1, 0.15) is 5.54 Å². The number of hydrogen-bond acceptors (Lipinski definition) is 3. The molecule has 0 spiro atoms. The van der Waals surface area contributed by atoms with Crippen LogP contribution in [0.2, 0.25) is 0 Å². The van der Waals surface area contributed by atoms with Crippen molar-refractivity contribution in [2.75, 3.05) is 20.1 Å². The van der Waals surface area contributed by atoms with Gasteiger partial charge >= 0.3 is 5.97 Å². The number of nitrogens with zero attached hydrogens (tertiary/aromatic N) is 1. The first-order valence-electron chi connectivity index (χ1n) is 7.47. The molecule has 0 saturated heterocycles. The van der Waals surface area contributed by atoms with Gasteiger partial charge in [0.25, 0.3) is 0 Å². The average molecular weight is 270 g/mol. The van der Waals surface area contributed by atoms with Crippen molar-refractivity contribution < 1.29 is 9.90 Å². The highest BCUT2D eigenvalue weighted by Crippen LogP contribution is 2.34. The number of rotatable bonds is 7. The van der Waals surface area contributed by atoms with Crippen molar-refractivity contribution in [2.24, 2.45) is 11.8 Å². The number of aliphatic carboxylic acids is 1. The highest BCUT2D eigenvalue weighted by molar-refractivity contribution is 5.79. The van der Waals surface area contributed by atoms with Gasteiger partial charge in [-0.05, 0) is 38.1 Å². The molecule has 4 nitrogen and oxygen atoms in total. The summed E-state index contributed by atoms with van der Waals surface area (Å²) in [6, 6.07) is 0.397. The predicted octanol–water partition coefficient (Wildman–Crippen LogP) is 2.20. The first kappa shape index (κ1) is 16.4. The number of nitrogens with one attached hydrogen (secondary N) is 1. The van der Waals surface area contributed by atoms with Crippen LogP contribution in [0, 0.1) is 11.8 Å². The second-order valence-electron chi connectivity index (χ2n) is 6.78. The molecule has 1 saturated carbocycles. The Kier molecular flexibility index (Phi) is 5.81. The van der Waals surface area contributed by atoms with Crippen molar-refractivity contribution in [1.29, 1.82) is 0 Å². The minimum absolute atomic E-state index is 0.397. The van der Waals surface area contributed by atoms with Crippen LogP contribution in [0.15, 0.2) is 0 Å². The molecule has 2 unspecified atom stereocenters. The Morgan fingerprint density at radius 3 is 2.16 bits per heavy atom. The van der Waals surface area contributed by atoms with E-state index in [9.17, 15) is 9.90 Å². The van der Waals surface area contributed by atoms with Gasteiger partial charge in [0.05, 0.1) is 0 Å². The maximum Gasteiger partial charge on any atom is 0.323 e. The molecule has 2 N–H and O–H groups in total. The Balaban J connectivity index is 2.74. The van der Waals surface area contributed by atoms with Gasteiger partial charge in [-0.1, -0.05) is 27.7 Å². The van der Waals surface area contributed by atoms with Gasteiger partial charge in [-0.2, -0.15) is 0 Å². The molecule has 2 atom stereocenters. The molecule has 19 heavy (non-hydrogen) atoms. The summed E-state index contributed by atoms with van der Waals surface area (Å²) in [5.41, 5.74) is -0.711. The summed E-state index contributed by atoms with van der Waals surface area (Å²) in [5, 5.41) is 12.5. The van der Waals surface area contributed by atoms with E-state index in [1.165, 1.54) is 0 Å². The van der Waals surface area contributed by atoms with E-state index < -0.39 is 11.5 Å². The summed E-state index contributed by atoms with van der Waals surface area (Å²) in [5.74, 6) is 0.535. The quantitative estimate of drug-likeness (QED) is 0.744. The van der Waals surface area contributed by atoms with Crippen LogP contribution >= 0.6 is 0 Å². The van der Waals surface area contributed by atoms with Gasteiger partial charge in [-0.15, -0.1) is 0 Å². The van der Waals surface area contributed by atoms with Crippen LogP contribution in [0.1, 0.15) is 47.0 Å². The molecule has 0 aromatic carbocycles. The molecule has 1 fully saturated rings. The topological polar surface area (TPSA) is 52.6 Å². The van der Waals surface area contributed by atoms with Gasteiger partial charge in [-0.3, -0.25) is 9.69 Å². The molecule has 112 valence electrons. The Hall–Kier alpha value is -0.610. The fraction of sp³-hybridized carbons (Fsp3) is 0.933. The lowest BCUT2D eigenvalue weighted by Gasteiger charge is -2.33. The second kappa shape index (κ2) is 6.71. The van der Waals surface area contributed by atoms with Crippen molar-refractivity contribution in [3.63, 3.8) is 0 Å². The van der Waals surface area contributed by atoms with E-state index >= 15 is 0 Å². The normalized spacial score (nSPS) is 27.7. The lowest BCUT2D eigenvalue weighted by atomic mass is 9.97. The van der Waals surface area contributed by atoms with Crippen LogP contribution in [-0.2, 0) is 4.79 Å². The Morgan fingerprint density at radius 1 is 1.32 bits per heavy atom. The minimum atomic E-state index is -0.711. The average Bonchev–Trinajstić information content (AvgIpc) is 2.72. The number of carbonyl (C=O) groups is 1. The Labute approximate surface area is 117 Å². The largest absolute Gasteiger partial charge is 0.480 e. The van der Waals surface area contributed by atoms with Gasteiger partial charge in [0.2, 0.25) is 0 Å². The molecule has 1 rings (SSSR count). The zero-order chi connectivity index (χ0) is 14.6. The maximum absolute atomic E-state index is 11.5. The number of carboxylic acid groups (broad SMARTS) is 1. The summed E-state index contributed by atoms with van der Waals surface area (Å²) in [4.78, 5) is 14.0. The van der Waals surface area contributed by atoms with Gasteiger partial charge in [0.15, 0.2) is 0 Å². The second-order valence-corrected chi connectivity index (χ2v) is 6.78. The fourth-order valence-electron chi connectivity index (χ4n) is 3.17. The van der Waals surface area contributed by atoms with E-state index in [4.69, 9.17) is 0 Å².